The van der Waals surface area contributed by atoms with E-state index in [0.717, 1.165) is 12.0 Å². The first-order valence-electron chi connectivity index (χ1n) is 6.03. The van der Waals surface area contributed by atoms with E-state index in [1.54, 1.807) is 0 Å². The fourth-order valence-corrected chi connectivity index (χ4v) is 1.67. The summed E-state index contributed by atoms with van der Waals surface area (Å²) in [5, 5.41) is 0. The molecular weight excluding hydrogens is 214 g/mol. The Morgan fingerprint density at radius 2 is 2.18 bits per heavy atom. The van der Waals surface area contributed by atoms with Crippen molar-refractivity contribution in [3.05, 3.63) is 35.4 Å². The first kappa shape index (κ1) is 13.9. The lowest BCUT2D eigenvalue weighted by Gasteiger charge is -2.07. The Hall–Kier alpha value is -1.19. The molecule has 0 aliphatic heterocycles. The zero-order chi connectivity index (χ0) is 12.7. The molecule has 0 amide bonds. The highest BCUT2D eigenvalue weighted by atomic mass is 16.5. The molecule has 0 heterocycles. The molecule has 0 fully saturated rings. The van der Waals surface area contributed by atoms with Gasteiger partial charge in [0.2, 0.25) is 0 Å². The Labute approximate surface area is 103 Å². The lowest BCUT2D eigenvalue weighted by atomic mass is 10.00. The maximum Gasteiger partial charge on any atom is 0.188 e. The average molecular weight is 235 g/mol. The lowest BCUT2D eigenvalue weighted by Crippen LogP contribution is -2.14. The molecule has 0 spiro atoms. The van der Waals surface area contributed by atoms with E-state index in [1.807, 2.05) is 18.2 Å². The molecule has 2 N–H and O–H groups in total. The highest BCUT2D eigenvalue weighted by Gasteiger charge is 2.07. The summed E-state index contributed by atoms with van der Waals surface area (Å²) in [5.74, 6) is 0.609. The molecule has 0 unspecified atom stereocenters. The Balaban J connectivity index is 2.60. The lowest BCUT2D eigenvalue weighted by molar-refractivity contribution is 0.0774. The number of ether oxygens (including phenoxy) is 1. The van der Waals surface area contributed by atoms with E-state index in [0.29, 0.717) is 19.1 Å². The number of carbonyl (C=O) groups excluding carboxylic acids is 1. The van der Waals surface area contributed by atoms with E-state index >= 15 is 0 Å². The van der Waals surface area contributed by atoms with Crippen molar-refractivity contribution >= 4 is 5.78 Å². The zero-order valence-corrected chi connectivity index (χ0v) is 10.6. The van der Waals surface area contributed by atoms with Crippen LogP contribution in [0.3, 0.4) is 0 Å². The molecule has 0 saturated carbocycles. The third-order valence-electron chi connectivity index (χ3n) is 2.39. The quantitative estimate of drug-likeness (QED) is 0.581. The molecule has 0 saturated heterocycles. The number of benzene rings is 1. The van der Waals surface area contributed by atoms with Gasteiger partial charge < -0.3 is 10.5 Å². The van der Waals surface area contributed by atoms with Gasteiger partial charge in [0, 0.05) is 12.1 Å². The monoisotopic (exact) mass is 235 g/mol. The van der Waals surface area contributed by atoms with Crippen LogP contribution in [0.2, 0.25) is 0 Å². The van der Waals surface area contributed by atoms with Gasteiger partial charge in [0.15, 0.2) is 5.78 Å². The van der Waals surface area contributed by atoms with Crippen LogP contribution in [0.4, 0.5) is 0 Å². The fourth-order valence-electron chi connectivity index (χ4n) is 1.67. The van der Waals surface area contributed by atoms with E-state index in [-0.39, 0.29) is 12.4 Å². The van der Waals surface area contributed by atoms with Crippen molar-refractivity contribution in [1.29, 1.82) is 0 Å². The molecule has 1 aromatic carbocycles. The summed E-state index contributed by atoms with van der Waals surface area (Å²) in [6.45, 7) is 5.32. The number of hydrogen-bond acceptors (Lipinski definition) is 3. The number of nitrogens with two attached hydrogens (primary N) is 1. The minimum Gasteiger partial charge on any atom is -0.372 e. The van der Waals surface area contributed by atoms with Gasteiger partial charge in [0.25, 0.3) is 0 Å². The zero-order valence-electron chi connectivity index (χ0n) is 10.6. The van der Waals surface area contributed by atoms with E-state index in [1.165, 1.54) is 5.56 Å². The largest absolute Gasteiger partial charge is 0.372 e. The van der Waals surface area contributed by atoms with Gasteiger partial charge in [0.1, 0.15) is 6.61 Å². The first-order valence-corrected chi connectivity index (χ1v) is 6.03. The second-order valence-corrected chi connectivity index (χ2v) is 4.56. The maximum absolute atomic E-state index is 11.8. The predicted octanol–water partition coefficient (Wildman–Crippen LogP) is 2.04. The Morgan fingerprint density at radius 1 is 1.41 bits per heavy atom. The Kier molecular flexibility index (Phi) is 5.87. The van der Waals surface area contributed by atoms with Gasteiger partial charge in [0.05, 0.1) is 6.61 Å². The van der Waals surface area contributed by atoms with Crippen LogP contribution in [-0.4, -0.2) is 25.5 Å². The van der Waals surface area contributed by atoms with Crippen molar-refractivity contribution in [2.45, 2.75) is 20.3 Å². The number of carbonyl (C=O) groups is 1. The Bertz CT molecular complexity index is 361. The Morgan fingerprint density at radius 3 is 2.82 bits per heavy atom. The second-order valence-electron chi connectivity index (χ2n) is 4.56. The van der Waals surface area contributed by atoms with Gasteiger partial charge in [-0.05, 0) is 24.0 Å². The summed E-state index contributed by atoms with van der Waals surface area (Å²) in [4.78, 5) is 11.8. The average Bonchev–Trinajstić information content (AvgIpc) is 2.28. The molecule has 3 nitrogen and oxygen atoms in total. The molecule has 1 aromatic rings. The standard InChI is InChI=1S/C14H21NO2/c1-11(2)8-12-4-3-5-13(9-12)14(16)10-17-7-6-15/h3-5,9,11H,6-8,10,15H2,1-2H3. The summed E-state index contributed by atoms with van der Waals surface area (Å²) >= 11 is 0. The summed E-state index contributed by atoms with van der Waals surface area (Å²) in [7, 11) is 0. The molecule has 3 heteroatoms. The molecular formula is C14H21NO2. The van der Waals surface area contributed by atoms with E-state index in [4.69, 9.17) is 10.5 Å². The molecule has 0 radical (unpaired) electrons. The molecule has 1 rings (SSSR count). The van der Waals surface area contributed by atoms with Crippen molar-refractivity contribution in [1.82, 2.24) is 0 Å². The number of Topliss-reactive ketones (excluding diaryl/α,β-unsaturated/α-hetero) is 1. The van der Waals surface area contributed by atoms with E-state index in [9.17, 15) is 4.79 Å². The third-order valence-corrected chi connectivity index (χ3v) is 2.39. The highest BCUT2D eigenvalue weighted by Crippen LogP contribution is 2.11. The van der Waals surface area contributed by atoms with Crippen LogP contribution in [0, 0.1) is 5.92 Å². The smallest absolute Gasteiger partial charge is 0.188 e. The van der Waals surface area contributed by atoms with Crippen molar-refractivity contribution < 1.29 is 9.53 Å². The van der Waals surface area contributed by atoms with Crippen LogP contribution >= 0.6 is 0 Å². The van der Waals surface area contributed by atoms with Crippen LogP contribution in [0.5, 0.6) is 0 Å². The van der Waals surface area contributed by atoms with Gasteiger partial charge in [-0.1, -0.05) is 32.0 Å². The van der Waals surface area contributed by atoms with Gasteiger partial charge in [-0.3, -0.25) is 4.79 Å². The van der Waals surface area contributed by atoms with Gasteiger partial charge in [-0.15, -0.1) is 0 Å². The first-order chi connectivity index (χ1) is 8.13. The topological polar surface area (TPSA) is 52.3 Å². The fraction of sp³-hybridized carbons (Fsp3) is 0.500. The van der Waals surface area contributed by atoms with Crippen LogP contribution in [0.25, 0.3) is 0 Å². The summed E-state index contributed by atoms with van der Waals surface area (Å²) in [6, 6.07) is 7.76. The van der Waals surface area contributed by atoms with E-state index < -0.39 is 0 Å². The maximum atomic E-state index is 11.8. The SMILES string of the molecule is CC(C)Cc1cccc(C(=O)COCCN)c1. The van der Waals surface area contributed by atoms with Crippen molar-refractivity contribution in [2.24, 2.45) is 11.7 Å². The normalized spacial score (nSPS) is 10.8. The van der Waals surface area contributed by atoms with E-state index in [2.05, 4.69) is 19.9 Å². The third kappa shape index (κ3) is 5.11. The summed E-state index contributed by atoms with van der Waals surface area (Å²) in [5.41, 5.74) is 7.22. The van der Waals surface area contributed by atoms with Crippen LogP contribution in [0.15, 0.2) is 24.3 Å². The molecule has 0 bridgehead atoms. The predicted molar refractivity (Wildman–Crippen MR) is 69.2 cm³/mol. The second kappa shape index (κ2) is 7.20. The minimum atomic E-state index is 0.0176. The van der Waals surface area contributed by atoms with Gasteiger partial charge in [-0.25, -0.2) is 0 Å². The van der Waals surface area contributed by atoms with Gasteiger partial charge in [-0.2, -0.15) is 0 Å². The van der Waals surface area contributed by atoms with Crippen molar-refractivity contribution in [3.8, 4) is 0 Å². The van der Waals surface area contributed by atoms with Crippen LogP contribution in [-0.2, 0) is 11.2 Å². The molecule has 0 aliphatic carbocycles. The number of hydrogen-bond donors (Lipinski definition) is 1. The molecule has 0 atom stereocenters. The van der Waals surface area contributed by atoms with Crippen LogP contribution in [0.1, 0.15) is 29.8 Å². The molecule has 17 heavy (non-hydrogen) atoms. The van der Waals surface area contributed by atoms with Crippen molar-refractivity contribution in [3.63, 3.8) is 0 Å². The van der Waals surface area contributed by atoms with Crippen LogP contribution < -0.4 is 5.73 Å². The highest BCUT2D eigenvalue weighted by molar-refractivity contribution is 5.97. The van der Waals surface area contributed by atoms with Gasteiger partial charge >= 0.3 is 0 Å². The minimum absolute atomic E-state index is 0.0176. The number of rotatable bonds is 7. The molecule has 0 aliphatic rings. The summed E-state index contributed by atoms with van der Waals surface area (Å²) in [6.07, 6.45) is 0.991. The van der Waals surface area contributed by atoms with Crippen molar-refractivity contribution in [2.75, 3.05) is 19.8 Å². The number of ketones is 1. The molecule has 94 valence electrons. The summed E-state index contributed by atoms with van der Waals surface area (Å²) < 4.78 is 5.15. The molecule has 0 aromatic heterocycles.